The Morgan fingerprint density at radius 2 is 1.74 bits per heavy atom. The fourth-order valence-corrected chi connectivity index (χ4v) is 7.20. The van der Waals surface area contributed by atoms with Gasteiger partial charge in [-0.25, -0.2) is 12.7 Å². The van der Waals surface area contributed by atoms with E-state index in [1.807, 2.05) is 0 Å². The van der Waals surface area contributed by atoms with E-state index in [1.165, 1.54) is 31.6 Å². The number of furan rings is 1. The van der Waals surface area contributed by atoms with Gasteiger partial charge in [-0.15, -0.1) is 10.2 Å². The van der Waals surface area contributed by atoms with Crippen molar-refractivity contribution in [2.75, 3.05) is 25.1 Å². The molecule has 0 unspecified atom stereocenters. The molecule has 0 aliphatic carbocycles. The van der Waals surface area contributed by atoms with E-state index in [0.717, 1.165) is 0 Å². The molecule has 0 aliphatic heterocycles. The van der Waals surface area contributed by atoms with E-state index in [9.17, 15) is 13.5 Å². The van der Waals surface area contributed by atoms with Gasteiger partial charge in [-0.1, -0.05) is 25.7 Å². The number of aliphatic hydroxyl groups excluding tert-OH is 1. The number of ether oxygens (including phenoxy) is 2. The quantitative estimate of drug-likeness (QED) is 0.190. The Morgan fingerprint density at radius 1 is 1.07 bits per heavy atom. The highest BCUT2D eigenvalue weighted by Crippen LogP contribution is 2.40. The van der Waals surface area contributed by atoms with Crippen LogP contribution in [-0.2, 0) is 10.0 Å². The summed E-state index contributed by atoms with van der Waals surface area (Å²) in [5.41, 5.74) is 0.640. The fourth-order valence-electron chi connectivity index (χ4n) is 4.35. The highest BCUT2D eigenvalue weighted by atomic mass is 79.9. The Bertz CT molecular complexity index is 1610. The molecule has 42 heavy (non-hydrogen) atoms. The maximum absolute atomic E-state index is 14.4. The van der Waals surface area contributed by atoms with Gasteiger partial charge in [0.25, 0.3) is 0 Å². The fraction of sp³-hybridized carbons (Fsp3) is 0.393. The number of pyridine rings is 1. The minimum Gasteiger partial charge on any atom is -0.494 e. The lowest BCUT2D eigenvalue weighted by atomic mass is 10.2. The molecular weight excluding hydrogens is 642 g/mol. The number of sulfonamides is 1. The van der Waals surface area contributed by atoms with Gasteiger partial charge in [-0.05, 0) is 72.2 Å². The van der Waals surface area contributed by atoms with E-state index >= 15 is 0 Å². The number of aliphatic hydroxyl groups is 1. The third-order valence-electron chi connectivity index (χ3n) is 6.80. The van der Waals surface area contributed by atoms with Crippen LogP contribution >= 0.6 is 15.9 Å². The van der Waals surface area contributed by atoms with Crippen molar-refractivity contribution < 1.29 is 27.4 Å². The van der Waals surface area contributed by atoms with E-state index in [0.29, 0.717) is 39.2 Å². The first-order chi connectivity index (χ1) is 19.8. The molecule has 0 saturated carbocycles. The predicted octanol–water partition coefficient (Wildman–Crippen LogP) is 5.61. The van der Waals surface area contributed by atoms with Gasteiger partial charge >= 0.3 is 0 Å². The number of rotatable bonds is 12. The number of para-hydroxylation sites is 1. The lowest BCUT2D eigenvalue weighted by Crippen LogP contribution is -2.44. The number of nitrogens with zero attached hydrogens (tertiary/aromatic N) is 5. The van der Waals surface area contributed by atoms with Crippen molar-refractivity contribution in [2.24, 2.45) is 0 Å². The average molecular weight is 679 g/mol. The molecule has 11 nitrogen and oxygen atoms in total. The topological polar surface area (TPSA) is 133 Å². The van der Waals surface area contributed by atoms with Crippen LogP contribution in [0.1, 0.15) is 24.5 Å². The van der Waals surface area contributed by atoms with Gasteiger partial charge in [0.05, 0.1) is 19.9 Å². The van der Waals surface area contributed by atoms with Crippen LogP contribution in [0.2, 0.25) is 25.7 Å². The van der Waals surface area contributed by atoms with Gasteiger partial charge in [0.2, 0.25) is 21.8 Å². The largest absolute Gasteiger partial charge is 0.494 e. The molecule has 2 atom stereocenters. The number of anilines is 1. The molecule has 14 heteroatoms. The molecule has 0 bridgehead atoms. The van der Waals surface area contributed by atoms with Crippen LogP contribution in [0.3, 0.4) is 0 Å². The normalized spacial score (nSPS) is 13.5. The molecule has 4 rings (SSSR count). The van der Waals surface area contributed by atoms with Crippen molar-refractivity contribution in [3.05, 3.63) is 64.6 Å². The van der Waals surface area contributed by atoms with Crippen molar-refractivity contribution in [1.29, 1.82) is 0 Å². The second kappa shape index (κ2) is 12.6. The SMILES string of the molecule is COc1cccc(OC)c1-n1c(-c2ccc(C)o2)nnc1N(CC[Si](C)(C)C)S(=O)(=O)[C@@H](C)[C@H](O)c1ccc(Br)cn1. The molecule has 0 amide bonds. The van der Waals surface area contributed by atoms with Crippen LogP contribution in [0.15, 0.2) is 57.6 Å². The zero-order valence-corrected chi connectivity index (χ0v) is 28.1. The first-order valence-electron chi connectivity index (χ1n) is 13.3. The number of benzene rings is 1. The molecule has 0 spiro atoms. The summed E-state index contributed by atoms with van der Waals surface area (Å²) in [6.07, 6.45) is 0.116. The maximum atomic E-state index is 14.4. The van der Waals surface area contributed by atoms with Crippen LogP contribution < -0.4 is 13.8 Å². The number of aryl methyl sites for hydroxylation is 1. The lowest BCUT2D eigenvalue weighted by Gasteiger charge is -2.31. The van der Waals surface area contributed by atoms with Crippen LogP contribution in [0.4, 0.5) is 5.95 Å². The molecule has 1 N–H and O–H groups in total. The van der Waals surface area contributed by atoms with E-state index in [1.54, 1.807) is 54.0 Å². The number of hydrogen-bond acceptors (Lipinski definition) is 9. The molecule has 1 aromatic carbocycles. The van der Waals surface area contributed by atoms with Gasteiger partial charge in [-0.2, -0.15) is 0 Å². The lowest BCUT2D eigenvalue weighted by molar-refractivity contribution is 0.171. The Morgan fingerprint density at radius 3 is 2.26 bits per heavy atom. The second-order valence-corrected chi connectivity index (χ2v) is 19.8. The van der Waals surface area contributed by atoms with Crippen LogP contribution in [0, 0.1) is 6.92 Å². The van der Waals surface area contributed by atoms with E-state index in [-0.39, 0.29) is 24.0 Å². The molecule has 0 aliphatic rings. The number of hydrogen-bond donors (Lipinski definition) is 1. The maximum Gasteiger partial charge on any atom is 0.246 e. The smallest absolute Gasteiger partial charge is 0.246 e. The van der Waals surface area contributed by atoms with E-state index in [4.69, 9.17) is 13.9 Å². The molecule has 3 heterocycles. The summed E-state index contributed by atoms with van der Waals surface area (Å²) >= 11 is 3.33. The van der Waals surface area contributed by atoms with Crippen molar-refractivity contribution >= 4 is 40.0 Å². The number of methoxy groups -OCH3 is 2. The van der Waals surface area contributed by atoms with Gasteiger partial charge < -0.3 is 19.0 Å². The summed E-state index contributed by atoms with van der Waals surface area (Å²) < 4.78 is 49.7. The summed E-state index contributed by atoms with van der Waals surface area (Å²) in [4.78, 5) is 4.24. The zero-order chi connectivity index (χ0) is 30.8. The molecule has 0 fully saturated rings. The Labute approximate surface area is 255 Å². The number of aromatic nitrogens is 4. The molecule has 4 aromatic rings. The summed E-state index contributed by atoms with van der Waals surface area (Å²) in [6.45, 7) is 9.87. The van der Waals surface area contributed by atoms with Gasteiger partial charge in [0, 0.05) is 25.3 Å². The minimum atomic E-state index is -4.25. The zero-order valence-electron chi connectivity index (χ0n) is 24.7. The third-order valence-corrected chi connectivity index (χ3v) is 11.1. The highest BCUT2D eigenvalue weighted by Gasteiger charge is 2.40. The van der Waals surface area contributed by atoms with Crippen molar-refractivity contribution in [3.63, 3.8) is 0 Å². The minimum absolute atomic E-state index is 0.0166. The third kappa shape index (κ3) is 6.56. The Balaban J connectivity index is 1.96. The van der Waals surface area contributed by atoms with Crippen LogP contribution in [0.25, 0.3) is 17.3 Å². The van der Waals surface area contributed by atoms with Gasteiger partial charge in [0.1, 0.15) is 34.3 Å². The average Bonchev–Trinajstić information content (AvgIpc) is 3.57. The van der Waals surface area contributed by atoms with Crippen molar-refractivity contribution in [1.82, 2.24) is 19.7 Å². The van der Waals surface area contributed by atoms with Crippen LogP contribution in [0.5, 0.6) is 11.5 Å². The first kappa shape index (κ1) is 31.7. The first-order valence-corrected chi connectivity index (χ1v) is 19.3. The molecule has 0 saturated heterocycles. The number of halogens is 1. The summed E-state index contributed by atoms with van der Waals surface area (Å²) in [5, 5.41) is 18.8. The van der Waals surface area contributed by atoms with Gasteiger partial charge in [0.15, 0.2) is 5.76 Å². The molecular formula is C28H36BrN5O6SSi. The van der Waals surface area contributed by atoms with E-state index < -0.39 is 29.5 Å². The Hall–Kier alpha value is -3.20. The Kier molecular flexibility index (Phi) is 9.50. The monoisotopic (exact) mass is 677 g/mol. The highest BCUT2D eigenvalue weighted by molar-refractivity contribution is 9.10. The molecule has 0 radical (unpaired) electrons. The van der Waals surface area contributed by atoms with Crippen LogP contribution in [-0.4, -0.2) is 67.4 Å². The predicted molar refractivity (Wildman–Crippen MR) is 168 cm³/mol. The van der Waals surface area contributed by atoms with Gasteiger partial charge in [-0.3, -0.25) is 9.55 Å². The van der Waals surface area contributed by atoms with Crippen molar-refractivity contribution in [2.45, 2.75) is 50.9 Å². The summed E-state index contributed by atoms with van der Waals surface area (Å²) in [6, 6.07) is 12.7. The molecule has 3 aromatic heterocycles. The second-order valence-electron chi connectivity index (χ2n) is 11.1. The standard InChI is InChI=1S/C28H36BrN5O6SSi/c1-18-11-14-24(40-18)27-31-32-28(34(27)25-22(38-3)9-8-10-23(25)39-4)33(15-16-42(5,6)7)41(36,37)19(2)26(35)21-13-12-20(29)17-30-21/h8-14,17,19,26,35H,15-16H2,1-7H3/t19-,26-/m0/s1. The van der Waals surface area contributed by atoms with E-state index in [2.05, 4.69) is 50.8 Å². The molecule has 226 valence electrons. The summed E-state index contributed by atoms with van der Waals surface area (Å²) in [7, 11) is -2.98. The summed E-state index contributed by atoms with van der Waals surface area (Å²) in [5.74, 6) is 2.13. The van der Waals surface area contributed by atoms with Crippen molar-refractivity contribution in [3.8, 4) is 28.8 Å².